The van der Waals surface area contributed by atoms with Crippen molar-refractivity contribution in [1.29, 1.82) is 0 Å². The van der Waals surface area contributed by atoms with Gasteiger partial charge in [0.2, 0.25) is 0 Å². The number of Topliss-reactive ketones (excluding diaryl/α,β-unsaturated/α-hetero) is 1. The normalized spacial score (nSPS) is 22.4. The third kappa shape index (κ3) is 4.67. The van der Waals surface area contributed by atoms with Crippen LogP contribution in [0.3, 0.4) is 0 Å². The van der Waals surface area contributed by atoms with Gasteiger partial charge in [0.1, 0.15) is 11.5 Å². The second kappa shape index (κ2) is 9.79. The van der Waals surface area contributed by atoms with Crippen LogP contribution in [0.25, 0.3) is 5.76 Å². The van der Waals surface area contributed by atoms with Crippen molar-refractivity contribution >= 4 is 17.4 Å². The van der Waals surface area contributed by atoms with Gasteiger partial charge in [0.15, 0.2) is 0 Å². The number of aliphatic hydroxyl groups excluding tert-OH is 1. The van der Waals surface area contributed by atoms with Crippen LogP contribution in [0.15, 0.2) is 54.1 Å². The van der Waals surface area contributed by atoms with Crippen LogP contribution in [0.2, 0.25) is 0 Å². The van der Waals surface area contributed by atoms with Crippen LogP contribution < -0.4 is 4.74 Å². The van der Waals surface area contributed by atoms with Crippen molar-refractivity contribution in [3.8, 4) is 5.75 Å². The molecule has 0 spiro atoms. The summed E-state index contributed by atoms with van der Waals surface area (Å²) < 4.78 is 11.3. The van der Waals surface area contributed by atoms with Crippen LogP contribution in [-0.4, -0.2) is 47.6 Å². The topological polar surface area (TPSA) is 76.1 Å². The molecule has 2 atom stereocenters. The molecule has 2 aliphatic heterocycles. The van der Waals surface area contributed by atoms with E-state index in [4.69, 9.17) is 9.47 Å². The molecule has 6 heteroatoms. The van der Waals surface area contributed by atoms with Crippen LogP contribution >= 0.6 is 0 Å². The van der Waals surface area contributed by atoms with E-state index in [-0.39, 0.29) is 17.4 Å². The number of nitrogens with zero attached hydrogens (tertiary/aromatic N) is 1. The maximum atomic E-state index is 13.2. The lowest BCUT2D eigenvalue weighted by molar-refractivity contribution is -0.140. The molecule has 2 aliphatic rings. The van der Waals surface area contributed by atoms with Gasteiger partial charge < -0.3 is 19.5 Å². The molecule has 2 aromatic rings. The molecule has 2 fully saturated rings. The van der Waals surface area contributed by atoms with Gasteiger partial charge in [0, 0.05) is 18.7 Å². The molecule has 1 amide bonds. The van der Waals surface area contributed by atoms with E-state index in [1.54, 1.807) is 29.2 Å². The summed E-state index contributed by atoms with van der Waals surface area (Å²) in [5.41, 5.74) is 2.50. The number of ether oxygens (including phenoxy) is 2. The standard InChI is InChI=1S/C27H31NO5/c1-4-32-21-8-5-7-20(15-21)25(29)23-24(19-12-10-18(11-13-19)17(2)3)28(27(31)26(23)30)16-22-9-6-14-33-22/h5,7-8,10-13,15,17,22,24,29H,4,6,9,14,16H2,1-3H3/b25-23-. The van der Waals surface area contributed by atoms with Crippen molar-refractivity contribution in [2.24, 2.45) is 0 Å². The predicted molar refractivity (Wildman–Crippen MR) is 126 cm³/mol. The molecular formula is C27H31NO5. The molecule has 33 heavy (non-hydrogen) atoms. The van der Waals surface area contributed by atoms with Gasteiger partial charge >= 0.3 is 0 Å². The number of carbonyl (C=O) groups is 2. The van der Waals surface area contributed by atoms with Crippen molar-refractivity contribution in [2.75, 3.05) is 19.8 Å². The summed E-state index contributed by atoms with van der Waals surface area (Å²) in [6.45, 7) is 7.57. The summed E-state index contributed by atoms with van der Waals surface area (Å²) in [5.74, 6) is -0.523. The molecule has 2 saturated heterocycles. The molecule has 0 radical (unpaired) electrons. The van der Waals surface area contributed by atoms with E-state index < -0.39 is 17.7 Å². The minimum Gasteiger partial charge on any atom is -0.507 e. The fourth-order valence-electron chi connectivity index (χ4n) is 4.54. The predicted octanol–water partition coefficient (Wildman–Crippen LogP) is 4.81. The Hall–Kier alpha value is -3.12. The maximum Gasteiger partial charge on any atom is 0.295 e. The number of hydrogen-bond donors (Lipinski definition) is 1. The zero-order valence-corrected chi connectivity index (χ0v) is 19.4. The van der Waals surface area contributed by atoms with E-state index in [0.717, 1.165) is 18.4 Å². The number of ketones is 1. The van der Waals surface area contributed by atoms with Gasteiger partial charge in [-0.3, -0.25) is 9.59 Å². The minimum atomic E-state index is -0.676. The van der Waals surface area contributed by atoms with Crippen LogP contribution in [0.1, 0.15) is 62.3 Å². The Morgan fingerprint density at radius 2 is 1.94 bits per heavy atom. The summed E-state index contributed by atoms with van der Waals surface area (Å²) in [6, 6.07) is 14.2. The fourth-order valence-corrected chi connectivity index (χ4v) is 4.54. The largest absolute Gasteiger partial charge is 0.507 e. The fraction of sp³-hybridized carbons (Fsp3) is 0.407. The molecule has 2 unspecified atom stereocenters. The Morgan fingerprint density at radius 3 is 2.58 bits per heavy atom. The number of aliphatic hydroxyl groups is 1. The molecule has 2 aromatic carbocycles. The van der Waals surface area contributed by atoms with E-state index in [1.165, 1.54) is 5.56 Å². The molecule has 0 saturated carbocycles. The number of carbonyl (C=O) groups excluding carboxylic acids is 2. The maximum absolute atomic E-state index is 13.2. The molecule has 0 aliphatic carbocycles. The van der Waals surface area contributed by atoms with E-state index in [0.29, 0.717) is 37.0 Å². The Morgan fingerprint density at radius 1 is 1.18 bits per heavy atom. The van der Waals surface area contributed by atoms with Gasteiger partial charge in [-0.05, 0) is 48.9 Å². The Labute approximate surface area is 194 Å². The zero-order valence-electron chi connectivity index (χ0n) is 19.4. The summed E-state index contributed by atoms with van der Waals surface area (Å²) in [5, 5.41) is 11.2. The van der Waals surface area contributed by atoms with Crippen LogP contribution in [0.4, 0.5) is 0 Å². The zero-order chi connectivity index (χ0) is 23.5. The van der Waals surface area contributed by atoms with Gasteiger partial charge in [0.05, 0.1) is 24.3 Å². The smallest absolute Gasteiger partial charge is 0.295 e. The average Bonchev–Trinajstić information content (AvgIpc) is 3.41. The Bertz CT molecular complexity index is 1050. The second-order valence-corrected chi connectivity index (χ2v) is 8.87. The third-order valence-corrected chi connectivity index (χ3v) is 6.30. The first kappa shape index (κ1) is 23.1. The average molecular weight is 450 g/mol. The van der Waals surface area contributed by atoms with Crippen LogP contribution in [-0.2, 0) is 14.3 Å². The van der Waals surface area contributed by atoms with Gasteiger partial charge in [0.25, 0.3) is 11.7 Å². The van der Waals surface area contributed by atoms with Crippen molar-refractivity contribution in [3.63, 3.8) is 0 Å². The summed E-state index contributed by atoms with van der Waals surface area (Å²) in [6.07, 6.45) is 1.67. The van der Waals surface area contributed by atoms with E-state index in [1.807, 2.05) is 31.2 Å². The highest BCUT2D eigenvalue weighted by molar-refractivity contribution is 6.46. The van der Waals surface area contributed by atoms with Gasteiger partial charge in [-0.2, -0.15) is 0 Å². The number of rotatable bonds is 7. The lowest BCUT2D eigenvalue weighted by Crippen LogP contribution is -2.36. The highest BCUT2D eigenvalue weighted by Gasteiger charge is 2.47. The number of benzene rings is 2. The first-order valence-corrected chi connectivity index (χ1v) is 11.6. The summed E-state index contributed by atoms with van der Waals surface area (Å²) >= 11 is 0. The number of amides is 1. The number of likely N-dealkylation sites (tertiary alicyclic amines) is 1. The van der Waals surface area contributed by atoms with Gasteiger partial charge in [-0.25, -0.2) is 0 Å². The van der Waals surface area contributed by atoms with Crippen LogP contribution in [0, 0.1) is 0 Å². The highest BCUT2D eigenvalue weighted by atomic mass is 16.5. The molecule has 2 heterocycles. The van der Waals surface area contributed by atoms with Crippen molar-refractivity contribution < 1.29 is 24.2 Å². The molecule has 0 bridgehead atoms. The first-order chi connectivity index (χ1) is 15.9. The lowest BCUT2D eigenvalue weighted by atomic mass is 9.93. The van der Waals surface area contributed by atoms with Crippen LogP contribution in [0.5, 0.6) is 5.75 Å². The van der Waals surface area contributed by atoms with E-state index in [2.05, 4.69) is 13.8 Å². The Balaban J connectivity index is 1.80. The first-order valence-electron chi connectivity index (χ1n) is 11.6. The summed E-state index contributed by atoms with van der Waals surface area (Å²) in [4.78, 5) is 27.9. The van der Waals surface area contributed by atoms with E-state index >= 15 is 0 Å². The molecule has 4 rings (SSSR count). The quantitative estimate of drug-likeness (QED) is 0.373. The van der Waals surface area contributed by atoms with E-state index in [9.17, 15) is 14.7 Å². The summed E-state index contributed by atoms with van der Waals surface area (Å²) in [7, 11) is 0. The monoisotopic (exact) mass is 449 g/mol. The Kier molecular flexibility index (Phi) is 6.84. The molecule has 0 aromatic heterocycles. The molecule has 6 nitrogen and oxygen atoms in total. The van der Waals surface area contributed by atoms with Gasteiger partial charge in [-0.1, -0.05) is 50.2 Å². The third-order valence-electron chi connectivity index (χ3n) is 6.30. The van der Waals surface area contributed by atoms with Crippen molar-refractivity contribution in [3.05, 3.63) is 70.8 Å². The molecule has 1 N–H and O–H groups in total. The minimum absolute atomic E-state index is 0.101. The molecular weight excluding hydrogens is 418 g/mol. The number of hydrogen-bond acceptors (Lipinski definition) is 5. The van der Waals surface area contributed by atoms with Crippen molar-refractivity contribution in [2.45, 2.75) is 51.7 Å². The highest BCUT2D eigenvalue weighted by Crippen LogP contribution is 2.40. The lowest BCUT2D eigenvalue weighted by Gasteiger charge is -2.27. The van der Waals surface area contributed by atoms with Crippen molar-refractivity contribution in [1.82, 2.24) is 4.90 Å². The van der Waals surface area contributed by atoms with Gasteiger partial charge in [-0.15, -0.1) is 0 Å². The molecule has 174 valence electrons. The SMILES string of the molecule is CCOc1cccc(/C(O)=C2/C(=O)C(=O)N(CC3CCCO3)C2c2ccc(C(C)C)cc2)c1. The second-order valence-electron chi connectivity index (χ2n) is 8.87.